The molecule has 1 N–H and O–H groups in total. The van der Waals surface area contributed by atoms with Crippen molar-refractivity contribution in [3.63, 3.8) is 0 Å². The zero-order valence-electron chi connectivity index (χ0n) is 17.3. The van der Waals surface area contributed by atoms with Crippen molar-refractivity contribution in [3.05, 3.63) is 109 Å². The predicted molar refractivity (Wildman–Crippen MR) is 131 cm³/mol. The number of benzene rings is 4. The van der Waals surface area contributed by atoms with Crippen LogP contribution in [0.25, 0.3) is 21.7 Å². The van der Waals surface area contributed by atoms with Crippen molar-refractivity contribution < 1.29 is 9.18 Å². The highest BCUT2D eigenvalue weighted by atomic mass is 32.2. The molecule has 4 aromatic carbocycles. The highest BCUT2D eigenvalue weighted by molar-refractivity contribution is 8.00. The van der Waals surface area contributed by atoms with Crippen molar-refractivity contribution in [3.8, 4) is 0 Å². The summed E-state index contributed by atoms with van der Waals surface area (Å²) >= 11 is 1.51. The largest absolute Gasteiger partial charge is 0.342 e. The number of nitrogens with zero attached hydrogens (tertiary/aromatic N) is 1. The number of rotatable bonds is 6. The summed E-state index contributed by atoms with van der Waals surface area (Å²) in [6.07, 6.45) is 2.05. The number of thioether (sulfide) groups is 1. The van der Waals surface area contributed by atoms with Gasteiger partial charge in [-0.2, -0.15) is 0 Å². The Kier molecular flexibility index (Phi) is 5.65. The molecule has 158 valence electrons. The molecule has 0 radical (unpaired) electrons. The van der Waals surface area contributed by atoms with E-state index in [4.69, 9.17) is 0 Å². The first-order valence-electron chi connectivity index (χ1n) is 10.4. The van der Waals surface area contributed by atoms with Gasteiger partial charge in [0.25, 0.3) is 0 Å². The van der Waals surface area contributed by atoms with Gasteiger partial charge in [-0.1, -0.05) is 66.7 Å². The van der Waals surface area contributed by atoms with Crippen molar-refractivity contribution in [1.82, 2.24) is 4.57 Å². The standard InChI is InChI=1S/C27H21FN2OS/c28-21-10-5-7-19(15-21)16-30-17-26(23-12-3-4-14-25(23)30)32-18-27(31)29-24-13-6-9-20-8-1-2-11-22(20)24/h1-15,17H,16,18H2,(H,29,31). The molecule has 0 saturated carbocycles. The van der Waals surface area contributed by atoms with E-state index in [-0.39, 0.29) is 11.7 Å². The van der Waals surface area contributed by atoms with Gasteiger partial charge in [0.1, 0.15) is 5.82 Å². The predicted octanol–water partition coefficient (Wildman–Crippen LogP) is 6.71. The quantitative estimate of drug-likeness (QED) is 0.298. The Labute approximate surface area is 189 Å². The second-order valence-electron chi connectivity index (χ2n) is 7.63. The SMILES string of the molecule is O=C(CSc1cn(Cc2cccc(F)c2)c2ccccc12)Nc1cccc2ccccc12. The minimum Gasteiger partial charge on any atom is -0.342 e. The van der Waals surface area contributed by atoms with E-state index >= 15 is 0 Å². The number of carbonyl (C=O) groups excluding carboxylic acids is 1. The zero-order chi connectivity index (χ0) is 21.9. The maximum absolute atomic E-state index is 13.6. The summed E-state index contributed by atoms with van der Waals surface area (Å²) in [4.78, 5) is 13.8. The molecule has 1 heterocycles. The molecule has 0 aliphatic carbocycles. The number of aromatic nitrogens is 1. The second kappa shape index (κ2) is 8.89. The fourth-order valence-electron chi connectivity index (χ4n) is 3.95. The fraction of sp³-hybridized carbons (Fsp3) is 0.0741. The smallest absolute Gasteiger partial charge is 0.234 e. The van der Waals surface area contributed by atoms with Gasteiger partial charge in [0.15, 0.2) is 0 Å². The first-order valence-corrected chi connectivity index (χ1v) is 11.4. The molecule has 32 heavy (non-hydrogen) atoms. The van der Waals surface area contributed by atoms with Crippen molar-refractivity contribution in [2.24, 2.45) is 0 Å². The van der Waals surface area contributed by atoms with Crippen LogP contribution < -0.4 is 5.32 Å². The van der Waals surface area contributed by atoms with Crippen LogP contribution >= 0.6 is 11.8 Å². The van der Waals surface area contributed by atoms with Gasteiger partial charge >= 0.3 is 0 Å². The van der Waals surface area contributed by atoms with Crippen LogP contribution in [0.2, 0.25) is 0 Å². The summed E-state index contributed by atoms with van der Waals surface area (Å²) in [7, 11) is 0. The Morgan fingerprint density at radius 1 is 0.875 bits per heavy atom. The lowest BCUT2D eigenvalue weighted by molar-refractivity contribution is -0.113. The van der Waals surface area contributed by atoms with E-state index in [0.717, 1.165) is 37.8 Å². The van der Waals surface area contributed by atoms with E-state index in [9.17, 15) is 9.18 Å². The Morgan fingerprint density at radius 3 is 2.50 bits per heavy atom. The summed E-state index contributed by atoms with van der Waals surface area (Å²) < 4.78 is 15.7. The molecule has 0 unspecified atom stereocenters. The van der Waals surface area contributed by atoms with Crippen LogP contribution in [0, 0.1) is 5.82 Å². The summed E-state index contributed by atoms with van der Waals surface area (Å²) in [5, 5.41) is 6.26. The summed E-state index contributed by atoms with van der Waals surface area (Å²) in [6, 6.07) is 28.7. The molecule has 1 amide bonds. The minimum atomic E-state index is -0.237. The number of amides is 1. The Balaban J connectivity index is 1.34. The normalized spacial score (nSPS) is 11.2. The summed E-state index contributed by atoms with van der Waals surface area (Å²) in [5.41, 5.74) is 2.78. The molecule has 0 bridgehead atoms. The number of hydrogen-bond donors (Lipinski definition) is 1. The van der Waals surface area contributed by atoms with Crippen molar-refractivity contribution in [1.29, 1.82) is 0 Å². The minimum absolute atomic E-state index is 0.0479. The van der Waals surface area contributed by atoms with E-state index in [1.165, 1.54) is 17.8 Å². The van der Waals surface area contributed by atoms with E-state index in [2.05, 4.69) is 22.0 Å². The highest BCUT2D eigenvalue weighted by Gasteiger charge is 2.12. The lowest BCUT2D eigenvalue weighted by Gasteiger charge is -2.08. The monoisotopic (exact) mass is 440 g/mol. The van der Waals surface area contributed by atoms with Crippen LogP contribution in [0.1, 0.15) is 5.56 Å². The van der Waals surface area contributed by atoms with Crippen LogP contribution in [0.15, 0.2) is 102 Å². The van der Waals surface area contributed by atoms with Crippen molar-refractivity contribution in [2.75, 3.05) is 11.1 Å². The molecule has 5 heteroatoms. The lowest BCUT2D eigenvalue weighted by atomic mass is 10.1. The van der Waals surface area contributed by atoms with Crippen LogP contribution in [0.5, 0.6) is 0 Å². The van der Waals surface area contributed by atoms with Crippen LogP contribution in [-0.2, 0) is 11.3 Å². The van der Waals surface area contributed by atoms with Gasteiger partial charge in [-0.15, -0.1) is 11.8 Å². The molecule has 0 spiro atoms. The maximum Gasteiger partial charge on any atom is 0.234 e. The van der Waals surface area contributed by atoms with Crippen LogP contribution in [0.3, 0.4) is 0 Å². The van der Waals surface area contributed by atoms with Gasteiger partial charge in [-0.3, -0.25) is 4.79 Å². The molecule has 1 aromatic heterocycles. The van der Waals surface area contributed by atoms with Gasteiger partial charge in [0.2, 0.25) is 5.91 Å². The van der Waals surface area contributed by atoms with Gasteiger partial charge in [0.05, 0.1) is 5.75 Å². The summed E-state index contributed by atoms with van der Waals surface area (Å²) in [5.74, 6) is 0.0176. The highest BCUT2D eigenvalue weighted by Crippen LogP contribution is 2.31. The molecule has 0 aliphatic rings. The Morgan fingerprint density at radius 2 is 1.62 bits per heavy atom. The third-order valence-electron chi connectivity index (χ3n) is 5.42. The van der Waals surface area contributed by atoms with Crippen LogP contribution in [-0.4, -0.2) is 16.2 Å². The molecule has 3 nitrogen and oxygen atoms in total. The Hall–Kier alpha value is -3.57. The molecular formula is C27H21FN2OS. The molecule has 5 aromatic rings. The molecule has 0 atom stereocenters. The van der Waals surface area contributed by atoms with E-state index in [1.54, 1.807) is 12.1 Å². The summed E-state index contributed by atoms with van der Waals surface area (Å²) in [6.45, 7) is 0.570. The number of nitrogens with one attached hydrogen (secondary N) is 1. The third-order valence-corrected chi connectivity index (χ3v) is 6.46. The number of halogens is 1. The molecule has 0 aliphatic heterocycles. The number of para-hydroxylation sites is 1. The fourth-order valence-corrected chi connectivity index (χ4v) is 4.84. The number of carbonyl (C=O) groups is 1. The average molecular weight is 441 g/mol. The number of hydrogen-bond acceptors (Lipinski definition) is 2. The molecule has 0 saturated heterocycles. The first-order chi connectivity index (χ1) is 15.7. The van der Waals surface area contributed by atoms with Crippen molar-refractivity contribution >= 4 is 45.0 Å². The average Bonchev–Trinajstić information content (AvgIpc) is 3.15. The third kappa shape index (κ3) is 4.25. The van der Waals surface area contributed by atoms with Gasteiger partial charge < -0.3 is 9.88 Å². The van der Waals surface area contributed by atoms with Gasteiger partial charge in [-0.25, -0.2) is 4.39 Å². The maximum atomic E-state index is 13.6. The van der Waals surface area contributed by atoms with Gasteiger partial charge in [-0.05, 0) is 35.2 Å². The van der Waals surface area contributed by atoms with Crippen molar-refractivity contribution in [2.45, 2.75) is 11.4 Å². The number of anilines is 1. The molecular weight excluding hydrogens is 419 g/mol. The van der Waals surface area contributed by atoms with E-state index in [1.807, 2.05) is 66.9 Å². The van der Waals surface area contributed by atoms with Crippen LogP contribution in [0.4, 0.5) is 10.1 Å². The van der Waals surface area contributed by atoms with E-state index < -0.39 is 0 Å². The van der Waals surface area contributed by atoms with E-state index in [0.29, 0.717) is 12.3 Å². The Bertz CT molecular complexity index is 1420. The van der Waals surface area contributed by atoms with Gasteiger partial charge in [0, 0.05) is 39.6 Å². The molecule has 0 fully saturated rings. The first kappa shape index (κ1) is 20.3. The zero-order valence-corrected chi connectivity index (χ0v) is 18.1. The second-order valence-corrected chi connectivity index (χ2v) is 8.65. The molecule has 5 rings (SSSR count). The number of fused-ring (bicyclic) bond motifs is 2. The lowest BCUT2D eigenvalue weighted by Crippen LogP contribution is -2.14. The topological polar surface area (TPSA) is 34.0 Å².